The van der Waals surface area contributed by atoms with Crippen LogP contribution in [0.2, 0.25) is 5.02 Å². The highest BCUT2D eigenvalue weighted by molar-refractivity contribution is 7.80. The Morgan fingerprint density at radius 2 is 1.71 bits per heavy atom. The second-order valence-corrected chi connectivity index (χ2v) is 6.09. The molecule has 1 aliphatic heterocycles. The number of rotatable bonds is 2. The Morgan fingerprint density at radius 1 is 1.05 bits per heavy atom. The zero-order valence-electron chi connectivity index (χ0n) is 11.9. The van der Waals surface area contributed by atoms with Crippen LogP contribution in [0.5, 0.6) is 0 Å². The van der Waals surface area contributed by atoms with Gasteiger partial charge in [-0.1, -0.05) is 23.8 Å². The Balaban J connectivity index is 1.75. The number of halogens is 1. The summed E-state index contributed by atoms with van der Waals surface area (Å²) < 4.78 is 5.91. The minimum atomic E-state index is 0.721. The van der Waals surface area contributed by atoms with Gasteiger partial charge in [-0.05, 0) is 43.4 Å². The molecule has 0 unspecified atom stereocenters. The number of benzene rings is 1. The minimum Gasteiger partial charge on any atom is -0.454 e. The van der Waals surface area contributed by atoms with Gasteiger partial charge in [-0.3, -0.25) is 0 Å². The van der Waals surface area contributed by atoms with Gasteiger partial charge in [0.2, 0.25) is 0 Å². The van der Waals surface area contributed by atoms with Crippen LogP contribution in [0, 0.1) is 0 Å². The zero-order chi connectivity index (χ0) is 14.8. The molecule has 3 rings (SSSR count). The van der Waals surface area contributed by atoms with Crippen molar-refractivity contribution in [3.8, 4) is 11.3 Å². The lowest BCUT2D eigenvalue weighted by Crippen LogP contribution is -2.46. The van der Waals surface area contributed by atoms with Gasteiger partial charge in [0, 0.05) is 36.8 Å². The van der Waals surface area contributed by atoms with Gasteiger partial charge in [0.25, 0.3) is 0 Å². The molecule has 0 bridgehead atoms. The molecule has 0 amide bonds. The van der Waals surface area contributed by atoms with Gasteiger partial charge < -0.3 is 14.2 Å². The number of likely N-dealkylation sites (N-methyl/N-ethyl adjacent to an activating group) is 1. The molecule has 0 spiro atoms. The molecule has 110 valence electrons. The molecule has 1 saturated heterocycles. The molecule has 1 aromatic carbocycles. The minimum absolute atomic E-state index is 0.721. The van der Waals surface area contributed by atoms with Crippen molar-refractivity contribution in [3.05, 3.63) is 47.2 Å². The van der Waals surface area contributed by atoms with Crippen LogP contribution in [0.15, 0.2) is 40.8 Å². The topological polar surface area (TPSA) is 19.6 Å². The van der Waals surface area contributed by atoms with Crippen LogP contribution in [0.25, 0.3) is 11.3 Å². The molecule has 1 fully saturated rings. The van der Waals surface area contributed by atoms with E-state index < -0.39 is 0 Å². The number of piperazine rings is 1. The van der Waals surface area contributed by atoms with Crippen LogP contribution in [-0.4, -0.2) is 48.0 Å². The van der Waals surface area contributed by atoms with E-state index in [1.54, 1.807) is 0 Å². The van der Waals surface area contributed by atoms with Crippen molar-refractivity contribution in [1.82, 2.24) is 9.80 Å². The molecule has 5 heteroatoms. The van der Waals surface area contributed by atoms with E-state index in [4.69, 9.17) is 28.2 Å². The lowest BCUT2D eigenvalue weighted by Gasteiger charge is -2.33. The van der Waals surface area contributed by atoms with Crippen molar-refractivity contribution < 1.29 is 4.42 Å². The van der Waals surface area contributed by atoms with Crippen LogP contribution < -0.4 is 0 Å². The first-order valence-electron chi connectivity index (χ1n) is 6.97. The molecule has 0 N–H and O–H groups in total. The van der Waals surface area contributed by atoms with Gasteiger partial charge >= 0.3 is 0 Å². The van der Waals surface area contributed by atoms with Crippen molar-refractivity contribution >= 4 is 28.8 Å². The van der Waals surface area contributed by atoms with Crippen LogP contribution in [0.4, 0.5) is 0 Å². The van der Waals surface area contributed by atoms with Crippen LogP contribution in [0.1, 0.15) is 5.76 Å². The lowest BCUT2D eigenvalue weighted by atomic mass is 10.2. The first kappa shape index (κ1) is 14.6. The molecule has 1 aromatic heterocycles. The summed E-state index contributed by atoms with van der Waals surface area (Å²) in [5.74, 6) is 1.58. The summed E-state index contributed by atoms with van der Waals surface area (Å²) in [5.41, 5.74) is 1.01. The summed E-state index contributed by atoms with van der Waals surface area (Å²) in [6.45, 7) is 3.97. The maximum atomic E-state index is 5.91. The zero-order valence-corrected chi connectivity index (χ0v) is 13.5. The Morgan fingerprint density at radius 3 is 2.38 bits per heavy atom. The van der Waals surface area contributed by atoms with Crippen LogP contribution in [0.3, 0.4) is 0 Å². The van der Waals surface area contributed by atoms with Gasteiger partial charge in [-0.25, -0.2) is 0 Å². The maximum absolute atomic E-state index is 5.91. The SMILES string of the molecule is CN1CCN(C(=S)c2ccc(-c3ccc(Cl)cc3)o2)CC1. The molecule has 0 atom stereocenters. The summed E-state index contributed by atoms with van der Waals surface area (Å²) in [6.07, 6.45) is 0. The maximum Gasteiger partial charge on any atom is 0.162 e. The van der Waals surface area contributed by atoms with E-state index >= 15 is 0 Å². The number of nitrogens with zero attached hydrogens (tertiary/aromatic N) is 2. The highest BCUT2D eigenvalue weighted by Crippen LogP contribution is 2.24. The Hall–Kier alpha value is -1.36. The van der Waals surface area contributed by atoms with E-state index in [1.165, 1.54) is 0 Å². The third kappa shape index (κ3) is 3.28. The largest absolute Gasteiger partial charge is 0.454 e. The monoisotopic (exact) mass is 320 g/mol. The summed E-state index contributed by atoms with van der Waals surface area (Å²) in [7, 11) is 2.13. The highest BCUT2D eigenvalue weighted by Gasteiger charge is 2.19. The van der Waals surface area contributed by atoms with Crippen molar-refractivity contribution in [2.75, 3.05) is 33.2 Å². The van der Waals surface area contributed by atoms with Gasteiger partial charge in [0.1, 0.15) is 10.7 Å². The predicted molar refractivity (Wildman–Crippen MR) is 89.9 cm³/mol. The molecule has 21 heavy (non-hydrogen) atoms. The molecule has 3 nitrogen and oxygen atoms in total. The Labute approximate surface area is 135 Å². The summed E-state index contributed by atoms with van der Waals surface area (Å²) in [6, 6.07) is 11.5. The van der Waals surface area contributed by atoms with E-state index in [1.807, 2.05) is 36.4 Å². The predicted octanol–water partition coefficient (Wildman–Crippen LogP) is 3.52. The summed E-state index contributed by atoms with van der Waals surface area (Å²) in [4.78, 5) is 5.31. The van der Waals surface area contributed by atoms with Crippen molar-refractivity contribution in [2.45, 2.75) is 0 Å². The van der Waals surface area contributed by atoms with Gasteiger partial charge in [0.15, 0.2) is 5.76 Å². The normalized spacial score (nSPS) is 16.2. The second-order valence-electron chi connectivity index (χ2n) is 5.27. The fourth-order valence-corrected chi connectivity index (χ4v) is 2.81. The van der Waals surface area contributed by atoms with Gasteiger partial charge in [-0.2, -0.15) is 0 Å². The van der Waals surface area contributed by atoms with Crippen molar-refractivity contribution in [1.29, 1.82) is 0 Å². The Bertz CT molecular complexity index is 630. The molecule has 0 saturated carbocycles. The third-order valence-electron chi connectivity index (χ3n) is 3.74. The molecular weight excluding hydrogens is 304 g/mol. The van der Waals surface area contributed by atoms with E-state index in [9.17, 15) is 0 Å². The van der Waals surface area contributed by atoms with E-state index in [2.05, 4.69) is 16.8 Å². The molecule has 1 aliphatic rings. The quantitative estimate of drug-likeness (QED) is 0.788. The lowest BCUT2D eigenvalue weighted by molar-refractivity contribution is 0.216. The first-order chi connectivity index (χ1) is 10.1. The Kier molecular flexibility index (Phi) is 4.29. The number of thiocarbonyl (C=S) groups is 1. The standard InChI is InChI=1S/C16H17ClN2OS/c1-18-8-10-19(11-9-18)16(21)15-7-6-14(20-15)12-2-4-13(17)5-3-12/h2-7H,8-11H2,1H3. The van der Waals surface area contributed by atoms with Crippen molar-refractivity contribution in [2.24, 2.45) is 0 Å². The smallest absolute Gasteiger partial charge is 0.162 e. The average Bonchev–Trinajstić information content (AvgIpc) is 2.98. The second kappa shape index (κ2) is 6.18. The van der Waals surface area contributed by atoms with Crippen molar-refractivity contribution in [3.63, 3.8) is 0 Å². The fourth-order valence-electron chi connectivity index (χ4n) is 2.39. The number of furan rings is 1. The van der Waals surface area contributed by atoms with Crippen LogP contribution in [-0.2, 0) is 0 Å². The molecular formula is C16H17ClN2OS. The molecule has 2 heterocycles. The summed E-state index contributed by atoms with van der Waals surface area (Å²) in [5, 5.41) is 0.721. The molecule has 0 aliphatic carbocycles. The van der Waals surface area contributed by atoms with Crippen LogP contribution >= 0.6 is 23.8 Å². The molecule has 0 radical (unpaired) electrons. The first-order valence-corrected chi connectivity index (χ1v) is 7.76. The highest BCUT2D eigenvalue weighted by atomic mass is 35.5. The van der Waals surface area contributed by atoms with Gasteiger partial charge in [0.05, 0.1) is 0 Å². The van der Waals surface area contributed by atoms with E-state index in [0.717, 1.165) is 53.3 Å². The number of hydrogen-bond acceptors (Lipinski definition) is 3. The summed E-state index contributed by atoms with van der Waals surface area (Å²) >= 11 is 11.5. The number of hydrogen-bond donors (Lipinski definition) is 0. The fraction of sp³-hybridized carbons (Fsp3) is 0.312. The average molecular weight is 321 g/mol. The molecule has 2 aromatic rings. The van der Waals surface area contributed by atoms with E-state index in [0.29, 0.717) is 0 Å². The van der Waals surface area contributed by atoms with E-state index in [-0.39, 0.29) is 0 Å². The third-order valence-corrected chi connectivity index (χ3v) is 4.45. The van der Waals surface area contributed by atoms with Gasteiger partial charge in [-0.15, -0.1) is 0 Å².